The minimum atomic E-state index is -4.83. The van der Waals surface area contributed by atoms with Crippen LogP contribution in [-0.4, -0.2) is 27.2 Å². The summed E-state index contributed by atoms with van der Waals surface area (Å²) in [6.07, 6.45) is -3.06. The lowest BCUT2D eigenvalue weighted by Gasteiger charge is -2.13. The normalized spacial score (nSPS) is 11.4. The Balaban J connectivity index is 1.41. The first-order chi connectivity index (χ1) is 18.1. The zero-order valence-electron chi connectivity index (χ0n) is 19.9. The van der Waals surface area contributed by atoms with Crippen LogP contribution in [0.4, 0.5) is 36.2 Å². The summed E-state index contributed by atoms with van der Waals surface area (Å²) in [6, 6.07) is 19.2. The highest BCUT2D eigenvalue weighted by molar-refractivity contribution is 6.05. The van der Waals surface area contributed by atoms with Crippen molar-refractivity contribution < 1.29 is 22.7 Å². The highest BCUT2D eigenvalue weighted by atomic mass is 19.4. The topological polar surface area (TPSA) is 118 Å². The standard InChI is InChI=1S/C27H21F3N6O2/c1-15-5-6-17(25(37)33-19-3-2-4-20(14-19)38-27(28,29)30)13-22(15)35-26-34-21-11-12-32-24(21)23(36-26)16-7-9-18(31)10-8-16/h2-14,32H,31H2,1H3,(H,33,37)(H,34,35,36). The molecule has 0 unspecified atom stereocenters. The van der Waals surface area contributed by atoms with Crippen LogP contribution in [0.15, 0.2) is 79.0 Å². The zero-order valence-corrected chi connectivity index (χ0v) is 19.9. The summed E-state index contributed by atoms with van der Waals surface area (Å²) in [4.78, 5) is 25.3. The van der Waals surface area contributed by atoms with Crippen molar-refractivity contribution in [2.24, 2.45) is 0 Å². The number of nitrogen functional groups attached to an aromatic ring is 1. The van der Waals surface area contributed by atoms with Gasteiger partial charge in [-0.05, 0) is 55.0 Å². The van der Waals surface area contributed by atoms with Crippen molar-refractivity contribution in [2.75, 3.05) is 16.4 Å². The minimum absolute atomic E-state index is 0.154. The molecule has 8 nitrogen and oxygen atoms in total. The van der Waals surface area contributed by atoms with Crippen molar-refractivity contribution in [3.8, 4) is 17.0 Å². The third kappa shape index (κ3) is 5.51. The fourth-order valence-electron chi connectivity index (χ4n) is 3.84. The summed E-state index contributed by atoms with van der Waals surface area (Å²) in [5.74, 6) is -0.626. The Hall–Kier alpha value is -5.06. The molecule has 5 rings (SSSR count). The number of ether oxygens (including phenoxy) is 1. The molecule has 0 saturated heterocycles. The molecule has 0 saturated carbocycles. The predicted octanol–water partition coefficient (Wildman–Crippen LogP) is 6.41. The van der Waals surface area contributed by atoms with Crippen molar-refractivity contribution in [3.63, 3.8) is 0 Å². The fourth-order valence-corrected chi connectivity index (χ4v) is 3.84. The highest BCUT2D eigenvalue weighted by Crippen LogP contribution is 2.29. The van der Waals surface area contributed by atoms with Crippen LogP contribution in [-0.2, 0) is 0 Å². The lowest BCUT2D eigenvalue weighted by atomic mass is 10.1. The van der Waals surface area contributed by atoms with Gasteiger partial charge in [-0.15, -0.1) is 13.2 Å². The van der Waals surface area contributed by atoms with Gasteiger partial charge in [0.25, 0.3) is 5.91 Å². The smallest absolute Gasteiger partial charge is 0.406 e. The summed E-state index contributed by atoms with van der Waals surface area (Å²) in [6.45, 7) is 1.86. The number of hydrogen-bond donors (Lipinski definition) is 4. The number of nitrogens with one attached hydrogen (secondary N) is 3. The molecule has 0 aliphatic rings. The Bertz CT molecular complexity index is 1630. The van der Waals surface area contributed by atoms with Crippen LogP contribution in [0.5, 0.6) is 5.75 Å². The van der Waals surface area contributed by atoms with E-state index in [1.54, 1.807) is 36.5 Å². The Morgan fingerprint density at radius 3 is 2.55 bits per heavy atom. The number of H-pyrrole nitrogens is 1. The second-order valence-electron chi connectivity index (χ2n) is 8.44. The number of nitrogens with zero attached hydrogens (tertiary/aromatic N) is 2. The maximum Gasteiger partial charge on any atom is 0.573 e. The number of halogens is 3. The van der Waals surface area contributed by atoms with E-state index in [-0.39, 0.29) is 11.3 Å². The van der Waals surface area contributed by atoms with Crippen LogP contribution in [0, 0.1) is 6.92 Å². The first kappa shape index (κ1) is 24.6. The molecule has 0 spiro atoms. The number of benzene rings is 3. The number of hydrogen-bond acceptors (Lipinski definition) is 6. The van der Waals surface area contributed by atoms with E-state index in [9.17, 15) is 18.0 Å². The average Bonchev–Trinajstić information content (AvgIpc) is 3.33. The first-order valence-electron chi connectivity index (χ1n) is 11.4. The van der Waals surface area contributed by atoms with Crippen LogP contribution < -0.4 is 21.1 Å². The molecule has 0 radical (unpaired) electrons. The number of amides is 1. The van der Waals surface area contributed by atoms with E-state index in [0.29, 0.717) is 28.5 Å². The summed E-state index contributed by atoms with van der Waals surface area (Å²) < 4.78 is 41.5. The Kier molecular flexibility index (Phi) is 6.33. The molecular formula is C27H21F3N6O2. The quantitative estimate of drug-likeness (QED) is 0.193. The van der Waals surface area contributed by atoms with Gasteiger partial charge in [-0.25, -0.2) is 9.97 Å². The fraction of sp³-hybridized carbons (Fsp3) is 0.0741. The molecule has 5 aromatic rings. The van der Waals surface area contributed by atoms with Gasteiger partial charge >= 0.3 is 6.36 Å². The van der Waals surface area contributed by atoms with E-state index in [1.165, 1.54) is 12.1 Å². The largest absolute Gasteiger partial charge is 0.573 e. The molecule has 0 fully saturated rings. The number of fused-ring (bicyclic) bond motifs is 1. The van der Waals surface area contributed by atoms with Crippen molar-refractivity contribution in [3.05, 3.63) is 90.1 Å². The minimum Gasteiger partial charge on any atom is -0.406 e. The lowest BCUT2D eigenvalue weighted by molar-refractivity contribution is -0.274. The number of carbonyl (C=O) groups excluding carboxylic acids is 1. The Morgan fingerprint density at radius 1 is 1.00 bits per heavy atom. The molecule has 38 heavy (non-hydrogen) atoms. The first-order valence-corrected chi connectivity index (χ1v) is 11.4. The molecule has 11 heteroatoms. The molecule has 0 atom stereocenters. The molecule has 0 bridgehead atoms. The van der Waals surface area contributed by atoms with Crippen LogP contribution in [0.25, 0.3) is 22.3 Å². The van der Waals surface area contributed by atoms with Gasteiger partial charge in [0.15, 0.2) is 0 Å². The SMILES string of the molecule is Cc1ccc(C(=O)Nc2cccc(OC(F)(F)F)c2)cc1Nc1nc(-c2ccc(N)cc2)c2[nH]ccc2n1. The second-order valence-corrected chi connectivity index (χ2v) is 8.44. The number of nitrogens with two attached hydrogens (primary N) is 1. The van der Waals surface area contributed by atoms with Crippen LogP contribution in [0.3, 0.4) is 0 Å². The number of carbonyl (C=O) groups is 1. The van der Waals surface area contributed by atoms with Gasteiger partial charge in [0.05, 0.1) is 16.7 Å². The Morgan fingerprint density at radius 2 is 1.79 bits per heavy atom. The highest BCUT2D eigenvalue weighted by Gasteiger charge is 2.31. The number of aromatic nitrogens is 3. The molecule has 1 amide bonds. The number of aryl methyl sites for hydroxylation is 1. The number of alkyl halides is 3. The van der Waals surface area contributed by atoms with Gasteiger partial charge in [0, 0.05) is 40.5 Å². The lowest BCUT2D eigenvalue weighted by Crippen LogP contribution is -2.17. The molecule has 0 aliphatic heterocycles. The third-order valence-electron chi connectivity index (χ3n) is 5.66. The maximum absolute atomic E-state index is 12.9. The number of aromatic amines is 1. The molecule has 192 valence electrons. The molecule has 3 aromatic carbocycles. The van der Waals surface area contributed by atoms with Gasteiger partial charge < -0.3 is 26.1 Å². The van der Waals surface area contributed by atoms with Gasteiger partial charge in [0.2, 0.25) is 5.95 Å². The molecular weight excluding hydrogens is 497 g/mol. The van der Waals surface area contributed by atoms with Crippen LogP contribution >= 0.6 is 0 Å². The van der Waals surface area contributed by atoms with E-state index in [1.807, 2.05) is 25.1 Å². The van der Waals surface area contributed by atoms with E-state index < -0.39 is 18.0 Å². The Labute approximate surface area is 214 Å². The van der Waals surface area contributed by atoms with Crippen molar-refractivity contribution in [1.82, 2.24) is 15.0 Å². The monoisotopic (exact) mass is 518 g/mol. The second kappa shape index (κ2) is 9.77. The molecule has 5 N–H and O–H groups in total. The zero-order chi connectivity index (χ0) is 26.9. The average molecular weight is 518 g/mol. The van der Waals surface area contributed by atoms with Crippen molar-refractivity contribution in [1.29, 1.82) is 0 Å². The van der Waals surface area contributed by atoms with Gasteiger partial charge in [-0.2, -0.15) is 0 Å². The summed E-state index contributed by atoms with van der Waals surface area (Å²) in [5.41, 5.74) is 11.3. The molecule has 2 heterocycles. The van der Waals surface area contributed by atoms with E-state index in [2.05, 4.69) is 30.3 Å². The summed E-state index contributed by atoms with van der Waals surface area (Å²) in [7, 11) is 0. The van der Waals surface area contributed by atoms with E-state index in [0.717, 1.165) is 28.8 Å². The van der Waals surface area contributed by atoms with Crippen molar-refractivity contribution in [2.45, 2.75) is 13.3 Å². The third-order valence-corrected chi connectivity index (χ3v) is 5.66. The molecule has 0 aliphatic carbocycles. The van der Waals surface area contributed by atoms with Crippen molar-refractivity contribution >= 4 is 40.0 Å². The van der Waals surface area contributed by atoms with Gasteiger partial charge in [0.1, 0.15) is 5.75 Å². The predicted molar refractivity (Wildman–Crippen MR) is 139 cm³/mol. The molecule has 2 aromatic heterocycles. The van der Waals surface area contributed by atoms with Gasteiger partial charge in [-0.3, -0.25) is 4.79 Å². The summed E-state index contributed by atoms with van der Waals surface area (Å²) in [5, 5.41) is 5.77. The van der Waals surface area contributed by atoms with Gasteiger partial charge in [-0.1, -0.05) is 24.3 Å². The summed E-state index contributed by atoms with van der Waals surface area (Å²) >= 11 is 0. The number of rotatable bonds is 6. The van der Waals surface area contributed by atoms with Crippen LogP contribution in [0.2, 0.25) is 0 Å². The maximum atomic E-state index is 12.9. The van der Waals surface area contributed by atoms with E-state index in [4.69, 9.17) is 5.73 Å². The van der Waals surface area contributed by atoms with E-state index >= 15 is 0 Å². The van der Waals surface area contributed by atoms with Crippen LogP contribution in [0.1, 0.15) is 15.9 Å². The number of anilines is 4.